The summed E-state index contributed by atoms with van der Waals surface area (Å²) >= 11 is 6.16. The number of H-pyrrole nitrogens is 1. The van der Waals surface area contributed by atoms with E-state index < -0.39 is 5.97 Å². The minimum atomic E-state index is -0.409. The molecule has 2 aromatic rings. The molecule has 0 radical (unpaired) electrons. The van der Waals surface area contributed by atoms with Crippen LogP contribution in [0.4, 0.5) is 0 Å². The van der Waals surface area contributed by atoms with Gasteiger partial charge >= 0.3 is 5.97 Å². The first-order chi connectivity index (χ1) is 8.08. The topological polar surface area (TPSA) is 51.3 Å². The molecule has 0 saturated heterocycles. The Bertz CT molecular complexity index is 589. The van der Waals surface area contributed by atoms with Gasteiger partial charge in [-0.3, -0.25) is 0 Å². The van der Waals surface area contributed by atoms with Gasteiger partial charge < -0.3 is 14.5 Å². The fourth-order valence-corrected chi connectivity index (χ4v) is 2.19. The fraction of sp³-hybridized carbons (Fsp3) is 0.250. The molecular formula is C12H12ClNO3. The zero-order chi connectivity index (χ0) is 12.6. The molecule has 1 aromatic carbocycles. The van der Waals surface area contributed by atoms with E-state index in [4.69, 9.17) is 21.1 Å². The summed E-state index contributed by atoms with van der Waals surface area (Å²) in [5, 5.41) is 1.36. The molecular weight excluding hydrogens is 242 g/mol. The van der Waals surface area contributed by atoms with Gasteiger partial charge in [-0.05, 0) is 18.6 Å². The molecule has 0 amide bonds. The van der Waals surface area contributed by atoms with E-state index in [1.54, 1.807) is 19.2 Å². The van der Waals surface area contributed by atoms with E-state index >= 15 is 0 Å². The number of hydrogen-bond acceptors (Lipinski definition) is 3. The quantitative estimate of drug-likeness (QED) is 0.838. The normalized spacial score (nSPS) is 10.6. The van der Waals surface area contributed by atoms with E-state index in [0.717, 1.165) is 16.5 Å². The molecule has 1 heterocycles. The number of ether oxygens (including phenoxy) is 2. The van der Waals surface area contributed by atoms with Gasteiger partial charge in [0.2, 0.25) is 0 Å². The second-order valence-electron chi connectivity index (χ2n) is 3.65. The number of halogens is 1. The highest BCUT2D eigenvalue weighted by molar-refractivity contribution is 6.36. The summed E-state index contributed by atoms with van der Waals surface area (Å²) in [5.41, 5.74) is 1.95. The van der Waals surface area contributed by atoms with Crippen LogP contribution in [0.5, 0.6) is 5.75 Å². The Kier molecular flexibility index (Phi) is 2.98. The largest absolute Gasteiger partial charge is 0.497 e. The molecule has 0 fully saturated rings. The van der Waals surface area contributed by atoms with Gasteiger partial charge in [-0.25, -0.2) is 4.79 Å². The van der Waals surface area contributed by atoms with Crippen LogP contribution in [0.1, 0.15) is 16.1 Å². The lowest BCUT2D eigenvalue weighted by Gasteiger charge is -2.01. The molecule has 1 N–H and O–H groups in total. The van der Waals surface area contributed by atoms with Crippen LogP contribution in [0.25, 0.3) is 10.9 Å². The summed E-state index contributed by atoms with van der Waals surface area (Å²) < 4.78 is 9.82. The van der Waals surface area contributed by atoms with E-state index in [1.165, 1.54) is 7.11 Å². The highest BCUT2D eigenvalue weighted by Crippen LogP contribution is 2.33. The van der Waals surface area contributed by atoms with Crippen LogP contribution in [-0.4, -0.2) is 25.2 Å². The number of aryl methyl sites for hydroxylation is 1. The van der Waals surface area contributed by atoms with E-state index in [2.05, 4.69) is 4.98 Å². The first-order valence-electron chi connectivity index (χ1n) is 5.02. The van der Waals surface area contributed by atoms with E-state index in [1.807, 2.05) is 6.92 Å². The monoisotopic (exact) mass is 253 g/mol. The maximum Gasteiger partial charge on any atom is 0.354 e. The molecule has 17 heavy (non-hydrogen) atoms. The van der Waals surface area contributed by atoms with Gasteiger partial charge in [0.05, 0.1) is 24.8 Å². The molecule has 90 valence electrons. The Hall–Kier alpha value is -1.68. The van der Waals surface area contributed by atoms with Crippen LogP contribution in [-0.2, 0) is 4.74 Å². The maximum absolute atomic E-state index is 11.5. The predicted molar refractivity (Wildman–Crippen MR) is 65.9 cm³/mol. The van der Waals surface area contributed by atoms with Crippen molar-refractivity contribution < 1.29 is 14.3 Å². The number of nitrogens with one attached hydrogen (secondary N) is 1. The minimum Gasteiger partial charge on any atom is -0.497 e. The molecule has 5 heteroatoms. The lowest BCUT2D eigenvalue weighted by atomic mass is 10.1. The maximum atomic E-state index is 11.5. The second-order valence-corrected chi connectivity index (χ2v) is 4.06. The zero-order valence-electron chi connectivity index (χ0n) is 9.76. The van der Waals surface area contributed by atoms with Gasteiger partial charge in [-0.1, -0.05) is 11.6 Å². The molecule has 0 aliphatic heterocycles. The van der Waals surface area contributed by atoms with Crippen LogP contribution < -0.4 is 4.74 Å². The molecule has 0 aliphatic carbocycles. The van der Waals surface area contributed by atoms with Gasteiger partial charge in [-0.15, -0.1) is 0 Å². The van der Waals surface area contributed by atoms with E-state index in [-0.39, 0.29) is 0 Å². The molecule has 0 atom stereocenters. The van der Waals surface area contributed by atoms with Crippen molar-refractivity contribution in [1.82, 2.24) is 4.98 Å². The Labute approximate surface area is 103 Å². The Morgan fingerprint density at radius 2 is 2.06 bits per heavy atom. The van der Waals surface area contributed by atoms with Crippen LogP contribution in [0.3, 0.4) is 0 Å². The highest BCUT2D eigenvalue weighted by atomic mass is 35.5. The third kappa shape index (κ3) is 1.85. The van der Waals surface area contributed by atoms with Crippen molar-refractivity contribution in [3.8, 4) is 5.75 Å². The molecule has 4 nitrogen and oxygen atoms in total. The number of benzene rings is 1. The number of aromatic nitrogens is 1. The molecule has 0 bridgehead atoms. The van der Waals surface area contributed by atoms with Crippen molar-refractivity contribution in [2.45, 2.75) is 6.92 Å². The summed E-state index contributed by atoms with van der Waals surface area (Å²) in [7, 11) is 2.91. The fourth-order valence-electron chi connectivity index (χ4n) is 1.84. The van der Waals surface area contributed by atoms with Crippen molar-refractivity contribution in [2.24, 2.45) is 0 Å². The summed E-state index contributed by atoms with van der Waals surface area (Å²) in [6.45, 7) is 1.82. The molecule has 2 rings (SSSR count). The Balaban J connectivity index is 2.73. The summed E-state index contributed by atoms with van der Waals surface area (Å²) in [6, 6.07) is 3.51. The Morgan fingerprint density at radius 1 is 1.35 bits per heavy atom. The molecule has 0 unspecified atom stereocenters. The average molecular weight is 254 g/mol. The van der Waals surface area contributed by atoms with Gasteiger partial charge in [-0.2, -0.15) is 0 Å². The smallest absolute Gasteiger partial charge is 0.354 e. The number of aromatic amines is 1. The number of hydrogen-bond donors (Lipinski definition) is 1. The van der Waals surface area contributed by atoms with Crippen molar-refractivity contribution in [3.63, 3.8) is 0 Å². The summed E-state index contributed by atoms with van der Waals surface area (Å²) in [6.07, 6.45) is 0. The minimum absolute atomic E-state index is 0.409. The number of fused-ring (bicyclic) bond motifs is 1. The third-order valence-electron chi connectivity index (χ3n) is 2.70. The van der Waals surface area contributed by atoms with Crippen LogP contribution >= 0.6 is 11.6 Å². The second kappa shape index (κ2) is 4.30. The summed E-state index contributed by atoms with van der Waals surface area (Å²) in [4.78, 5) is 14.5. The van der Waals surface area contributed by atoms with Crippen LogP contribution in [0, 0.1) is 6.92 Å². The predicted octanol–water partition coefficient (Wildman–Crippen LogP) is 2.92. The average Bonchev–Trinajstić information content (AvgIpc) is 2.66. The van der Waals surface area contributed by atoms with Gasteiger partial charge in [0.25, 0.3) is 0 Å². The highest BCUT2D eigenvalue weighted by Gasteiger charge is 2.17. The number of methoxy groups -OCH3 is 2. The standard InChI is InChI=1S/C12H12ClNO3/c1-6-10-8(13)4-7(16-2)5-9(10)14-11(6)12(15)17-3/h4-5,14H,1-3H3. The number of rotatable bonds is 2. The van der Waals surface area contributed by atoms with Crippen LogP contribution in [0.15, 0.2) is 12.1 Å². The number of esters is 1. The lowest BCUT2D eigenvalue weighted by Crippen LogP contribution is -2.02. The van der Waals surface area contributed by atoms with Gasteiger partial charge in [0, 0.05) is 11.5 Å². The molecule has 0 saturated carbocycles. The summed E-state index contributed by atoms with van der Waals surface area (Å²) in [5.74, 6) is 0.230. The molecule has 0 aliphatic rings. The first kappa shape index (κ1) is 11.8. The number of carbonyl (C=O) groups is 1. The van der Waals surface area contributed by atoms with E-state index in [0.29, 0.717) is 16.5 Å². The SMILES string of the molecule is COC(=O)c1[nH]c2cc(OC)cc(Cl)c2c1C. The van der Waals surface area contributed by atoms with Gasteiger partial charge in [0.1, 0.15) is 11.4 Å². The van der Waals surface area contributed by atoms with E-state index in [9.17, 15) is 4.79 Å². The zero-order valence-corrected chi connectivity index (χ0v) is 10.5. The van der Waals surface area contributed by atoms with Crippen LogP contribution in [0.2, 0.25) is 5.02 Å². The van der Waals surface area contributed by atoms with Crippen molar-refractivity contribution >= 4 is 28.5 Å². The lowest BCUT2D eigenvalue weighted by molar-refractivity contribution is 0.0594. The van der Waals surface area contributed by atoms with Crippen molar-refractivity contribution in [2.75, 3.05) is 14.2 Å². The Morgan fingerprint density at radius 3 is 2.65 bits per heavy atom. The van der Waals surface area contributed by atoms with Gasteiger partial charge in [0.15, 0.2) is 0 Å². The number of carbonyl (C=O) groups excluding carboxylic acids is 1. The van der Waals surface area contributed by atoms with Crippen molar-refractivity contribution in [3.05, 3.63) is 28.4 Å². The molecule has 1 aromatic heterocycles. The first-order valence-corrected chi connectivity index (χ1v) is 5.40. The molecule has 0 spiro atoms. The van der Waals surface area contributed by atoms with Crippen molar-refractivity contribution in [1.29, 1.82) is 0 Å². The third-order valence-corrected chi connectivity index (χ3v) is 3.00.